The van der Waals surface area contributed by atoms with Gasteiger partial charge in [-0.1, -0.05) is 25.1 Å². The van der Waals surface area contributed by atoms with Crippen LogP contribution in [0.5, 0.6) is 0 Å². The van der Waals surface area contributed by atoms with E-state index >= 15 is 0 Å². The summed E-state index contributed by atoms with van der Waals surface area (Å²) in [6.07, 6.45) is 2.37. The number of Topliss-reactive ketones (excluding diaryl/α,β-unsaturated/α-hetero) is 1. The van der Waals surface area contributed by atoms with Gasteiger partial charge >= 0.3 is 0 Å². The summed E-state index contributed by atoms with van der Waals surface area (Å²) in [5.74, 6) is 0.00565. The maximum atomic E-state index is 12.6. The smallest absolute Gasteiger partial charge is 0.194 e. The number of carbonyl (C=O) groups excluding carboxylic acids is 1. The molecule has 1 aromatic heterocycles. The number of ketones is 1. The number of carbonyl (C=O) groups is 1. The average molecular weight is 243 g/mol. The zero-order valence-electron chi connectivity index (χ0n) is 10.9. The van der Waals surface area contributed by atoms with Crippen molar-refractivity contribution in [3.8, 4) is 0 Å². The number of fused-ring (bicyclic) bond motifs is 1. The second-order valence-corrected chi connectivity index (χ2v) is 4.49. The molecule has 2 aromatic rings. The predicted molar refractivity (Wildman–Crippen MR) is 71.8 cm³/mol. The Kier molecular flexibility index (Phi) is 3.43. The molecule has 1 unspecified atom stereocenters. The Balaban J connectivity index is 2.58. The minimum Gasteiger partial charge on any atom is -0.370 e. The Morgan fingerprint density at radius 2 is 2.11 bits per heavy atom. The van der Waals surface area contributed by atoms with Crippen molar-refractivity contribution in [3.63, 3.8) is 0 Å². The Bertz CT molecular complexity index is 568. The lowest BCUT2D eigenvalue weighted by atomic mass is 9.90. The first kappa shape index (κ1) is 12.7. The fraction of sp³-hybridized carbons (Fsp3) is 0.333. The van der Waals surface area contributed by atoms with E-state index in [1.165, 1.54) is 0 Å². The van der Waals surface area contributed by atoms with E-state index in [-0.39, 0.29) is 5.78 Å². The molecular formula is C15H17NO2. The van der Waals surface area contributed by atoms with Crippen molar-refractivity contribution in [2.75, 3.05) is 7.11 Å². The van der Waals surface area contributed by atoms with Crippen LogP contribution in [0.25, 0.3) is 10.9 Å². The highest BCUT2D eigenvalue weighted by Crippen LogP contribution is 2.25. The summed E-state index contributed by atoms with van der Waals surface area (Å²) in [6, 6.07) is 9.35. The molecular weight excluding hydrogens is 226 g/mol. The molecule has 0 fully saturated rings. The molecule has 3 nitrogen and oxygen atoms in total. The molecule has 0 spiro atoms. The molecule has 0 saturated carbocycles. The second-order valence-electron chi connectivity index (χ2n) is 4.49. The van der Waals surface area contributed by atoms with Crippen LogP contribution in [0, 0.1) is 0 Å². The number of benzene rings is 1. The van der Waals surface area contributed by atoms with Crippen LogP contribution >= 0.6 is 0 Å². The second kappa shape index (κ2) is 4.86. The van der Waals surface area contributed by atoms with Crippen LogP contribution in [0.3, 0.4) is 0 Å². The maximum absolute atomic E-state index is 12.6. The lowest BCUT2D eigenvalue weighted by Gasteiger charge is -2.25. The van der Waals surface area contributed by atoms with Crippen molar-refractivity contribution < 1.29 is 9.53 Å². The molecule has 0 radical (unpaired) electrons. The number of ether oxygens (including phenoxy) is 1. The van der Waals surface area contributed by atoms with Gasteiger partial charge in [0.2, 0.25) is 0 Å². The normalized spacial score (nSPS) is 14.4. The first-order valence-electron chi connectivity index (χ1n) is 6.06. The van der Waals surface area contributed by atoms with Gasteiger partial charge in [-0.05, 0) is 25.5 Å². The fourth-order valence-electron chi connectivity index (χ4n) is 1.98. The van der Waals surface area contributed by atoms with E-state index in [2.05, 4.69) is 4.98 Å². The highest BCUT2D eigenvalue weighted by molar-refractivity contribution is 6.11. The molecule has 0 bridgehead atoms. The van der Waals surface area contributed by atoms with Gasteiger partial charge in [-0.3, -0.25) is 9.78 Å². The number of methoxy groups -OCH3 is 1. The molecule has 0 saturated heterocycles. The third kappa shape index (κ3) is 2.02. The molecule has 94 valence electrons. The van der Waals surface area contributed by atoms with Crippen LogP contribution in [0.15, 0.2) is 36.5 Å². The zero-order valence-corrected chi connectivity index (χ0v) is 10.9. The number of nitrogens with zero attached hydrogens (tertiary/aromatic N) is 1. The van der Waals surface area contributed by atoms with Crippen LogP contribution in [0.2, 0.25) is 0 Å². The molecule has 0 aliphatic heterocycles. The third-order valence-electron chi connectivity index (χ3n) is 3.50. The quantitative estimate of drug-likeness (QED) is 0.774. The SMILES string of the molecule is CCC(C)(OC)C(=O)c1cccc2ncccc12. The maximum Gasteiger partial charge on any atom is 0.194 e. The Labute approximate surface area is 107 Å². The average Bonchev–Trinajstić information content (AvgIpc) is 2.45. The van der Waals surface area contributed by atoms with Crippen molar-refractivity contribution >= 4 is 16.7 Å². The van der Waals surface area contributed by atoms with E-state index in [1.54, 1.807) is 13.3 Å². The monoisotopic (exact) mass is 243 g/mol. The van der Waals surface area contributed by atoms with Crippen molar-refractivity contribution in [2.45, 2.75) is 25.9 Å². The molecule has 1 heterocycles. The van der Waals surface area contributed by atoms with Gasteiger partial charge in [0.25, 0.3) is 0 Å². The summed E-state index contributed by atoms with van der Waals surface area (Å²) < 4.78 is 5.38. The number of hydrogen-bond acceptors (Lipinski definition) is 3. The van der Waals surface area contributed by atoms with Gasteiger partial charge in [-0.25, -0.2) is 0 Å². The number of hydrogen-bond donors (Lipinski definition) is 0. The van der Waals surface area contributed by atoms with E-state index in [9.17, 15) is 4.79 Å². The highest BCUT2D eigenvalue weighted by Gasteiger charge is 2.32. The van der Waals surface area contributed by atoms with Gasteiger partial charge in [0, 0.05) is 24.3 Å². The molecule has 0 amide bonds. The van der Waals surface area contributed by atoms with Crippen molar-refractivity contribution in [1.82, 2.24) is 4.98 Å². The first-order chi connectivity index (χ1) is 8.62. The topological polar surface area (TPSA) is 39.2 Å². The summed E-state index contributed by atoms with van der Waals surface area (Å²) >= 11 is 0. The van der Waals surface area contributed by atoms with Gasteiger partial charge in [0.1, 0.15) is 5.60 Å². The molecule has 0 aliphatic carbocycles. The van der Waals surface area contributed by atoms with E-state index in [0.717, 1.165) is 10.9 Å². The highest BCUT2D eigenvalue weighted by atomic mass is 16.5. The summed E-state index contributed by atoms with van der Waals surface area (Å²) in [5.41, 5.74) is 0.731. The van der Waals surface area contributed by atoms with Gasteiger partial charge in [-0.15, -0.1) is 0 Å². The van der Waals surface area contributed by atoms with Gasteiger partial charge in [-0.2, -0.15) is 0 Å². The van der Waals surface area contributed by atoms with Crippen molar-refractivity contribution in [2.24, 2.45) is 0 Å². The molecule has 1 aromatic carbocycles. The predicted octanol–water partition coefficient (Wildman–Crippen LogP) is 3.23. The van der Waals surface area contributed by atoms with E-state index in [1.807, 2.05) is 44.2 Å². The van der Waals surface area contributed by atoms with Crippen LogP contribution < -0.4 is 0 Å². The van der Waals surface area contributed by atoms with E-state index in [0.29, 0.717) is 12.0 Å². The molecule has 2 rings (SSSR count). The largest absolute Gasteiger partial charge is 0.370 e. The molecule has 0 N–H and O–H groups in total. The van der Waals surface area contributed by atoms with Crippen LogP contribution in [0.1, 0.15) is 30.6 Å². The summed E-state index contributed by atoms with van der Waals surface area (Å²) in [7, 11) is 1.57. The minimum atomic E-state index is -0.774. The number of rotatable bonds is 4. The number of pyridine rings is 1. The molecule has 3 heteroatoms. The Morgan fingerprint density at radius 3 is 2.78 bits per heavy atom. The summed E-state index contributed by atoms with van der Waals surface area (Å²) in [6.45, 7) is 3.77. The van der Waals surface area contributed by atoms with Crippen LogP contribution in [-0.4, -0.2) is 23.5 Å². The summed E-state index contributed by atoms with van der Waals surface area (Å²) in [4.78, 5) is 16.9. The van der Waals surface area contributed by atoms with Gasteiger partial charge in [0.05, 0.1) is 5.52 Å². The third-order valence-corrected chi connectivity index (χ3v) is 3.50. The van der Waals surface area contributed by atoms with Crippen molar-refractivity contribution in [3.05, 3.63) is 42.1 Å². The fourth-order valence-corrected chi connectivity index (χ4v) is 1.98. The Hall–Kier alpha value is -1.74. The van der Waals surface area contributed by atoms with E-state index in [4.69, 9.17) is 4.74 Å². The van der Waals surface area contributed by atoms with Crippen LogP contribution in [0.4, 0.5) is 0 Å². The van der Waals surface area contributed by atoms with Crippen molar-refractivity contribution in [1.29, 1.82) is 0 Å². The van der Waals surface area contributed by atoms with E-state index < -0.39 is 5.60 Å². The Morgan fingerprint density at radius 1 is 1.33 bits per heavy atom. The standard InChI is InChI=1S/C15H17NO2/c1-4-15(2,18-3)14(17)12-7-5-9-13-11(12)8-6-10-16-13/h5-10H,4H2,1-3H3. The lowest BCUT2D eigenvalue weighted by molar-refractivity contribution is 0.0107. The molecule has 0 aliphatic rings. The molecule has 1 atom stereocenters. The van der Waals surface area contributed by atoms with Crippen LogP contribution in [-0.2, 0) is 4.74 Å². The summed E-state index contributed by atoms with van der Waals surface area (Å²) in [5, 5.41) is 0.877. The van der Waals surface area contributed by atoms with Gasteiger partial charge < -0.3 is 4.74 Å². The number of aromatic nitrogens is 1. The van der Waals surface area contributed by atoms with Gasteiger partial charge in [0.15, 0.2) is 5.78 Å². The first-order valence-corrected chi connectivity index (χ1v) is 6.06. The lowest BCUT2D eigenvalue weighted by Crippen LogP contribution is -2.36. The minimum absolute atomic E-state index is 0.00565. The zero-order chi connectivity index (χ0) is 13.2. The molecule has 18 heavy (non-hydrogen) atoms.